The molecule has 1 aromatic carbocycles. The first kappa shape index (κ1) is 10.8. The molecule has 0 spiro atoms. The summed E-state index contributed by atoms with van der Waals surface area (Å²) in [5.41, 5.74) is 2.95. The molecule has 2 heteroatoms. The van der Waals surface area contributed by atoms with Gasteiger partial charge >= 0.3 is 0 Å². The highest BCUT2D eigenvalue weighted by Crippen LogP contribution is 2.32. The number of nitrogens with zero attached hydrogens (tertiary/aromatic N) is 1. The van der Waals surface area contributed by atoms with E-state index >= 15 is 0 Å². The molecule has 1 N–H and O–H groups in total. The minimum Gasteiger partial charge on any atom is -0.347 e. The zero-order chi connectivity index (χ0) is 11.7. The van der Waals surface area contributed by atoms with Crippen LogP contribution in [-0.2, 0) is 6.54 Å². The first-order valence-electron chi connectivity index (χ1n) is 6.68. The summed E-state index contributed by atoms with van der Waals surface area (Å²) in [6, 6.07) is 8.82. The Morgan fingerprint density at radius 1 is 1.24 bits per heavy atom. The molecule has 1 aliphatic heterocycles. The zero-order valence-electron chi connectivity index (χ0n) is 10.4. The average molecular weight is 228 g/mol. The van der Waals surface area contributed by atoms with Crippen LogP contribution < -0.4 is 5.32 Å². The van der Waals surface area contributed by atoms with Crippen molar-refractivity contribution >= 4 is 10.9 Å². The molecule has 1 saturated heterocycles. The standard InChI is InChI=1S/C15H20N2/c1-2-17-11-14(12-7-9-16-10-8-12)13-5-3-4-6-15(13)17/h3-6,11-12,16H,2,7-10H2,1H3. The normalized spacial score (nSPS) is 17.7. The van der Waals surface area contributed by atoms with E-state index in [1.807, 2.05) is 0 Å². The van der Waals surface area contributed by atoms with E-state index in [2.05, 4.69) is 47.3 Å². The van der Waals surface area contributed by atoms with E-state index in [-0.39, 0.29) is 0 Å². The number of piperidine rings is 1. The molecule has 3 rings (SSSR count). The van der Waals surface area contributed by atoms with Gasteiger partial charge in [0.1, 0.15) is 0 Å². The molecule has 0 radical (unpaired) electrons. The van der Waals surface area contributed by atoms with E-state index in [4.69, 9.17) is 0 Å². The molecule has 0 unspecified atom stereocenters. The highest BCUT2D eigenvalue weighted by molar-refractivity contribution is 5.84. The average Bonchev–Trinajstić information content (AvgIpc) is 2.78. The molecule has 0 aliphatic carbocycles. The van der Waals surface area contributed by atoms with Crippen LogP contribution in [0.25, 0.3) is 10.9 Å². The van der Waals surface area contributed by atoms with Crippen LogP contribution in [0.15, 0.2) is 30.5 Å². The van der Waals surface area contributed by atoms with Crippen molar-refractivity contribution in [1.29, 1.82) is 0 Å². The smallest absolute Gasteiger partial charge is 0.0483 e. The molecular weight excluding hydrogens is 208 g/mol. The molecule has 1 aromatic heterocycles. The minimum atomic E-state index is 0.744. The Hall–Kier alpha value is -1.28. The summed E-state index contributed by atoms with van der Waals surface area (Å²) >= 11 is 0. The topological polar surface area (TPSA) is 17.0 Å². The van der Waals surface area contributed by atoms with E-state index in [1.165, 1.54) is 23.7 Å². The monoisotopic (exact) mass is 228 g/mol. The molecule has 17 heavy (non-hydrogen) atoms. The SMILES string of the molecule is CCn1cc(C2CCNCC2)c2ccccc21. The fraction of sp³-hybridized carbons (Fsp3) is 0.467. The van der Waals surface area contributed by atoms with Gasteiger partial charge < -0.3 is 9.88 Å². The summed E-state index contributed by atoms with van der Waals surface area (Å²) < 4.78 is 2.38. The van der Waals surface area contributed by atoms with Crippen molar-refractivity contribution in [3.63, 3.8) is 0 Å². The van der Waals surface area contributed by atoms with Crippen LogP contribution in [0, 0.1) is 0 Å². The number of hydrogen-bond acceptors (Lipinski definition) is 1. The fourth-order valence-electron chi connectivity index (χ4n) is 3.00. The summed E-state index contributed by atoms with van der Waals surface area (Å²) in [7, 11) is 0. The molecule has 2 heterocycles. The van der Waals surface area contributed by atoms with Crippen molar-refractivity contribution in [3.8, 4) is 0 Å². The lowest BCUT2D eigenvalue weighted by Crippen LogP contribution is -2.26. The van der Waals surface area contributed by atoms with E-state index in [9.17, 15) is 0 Å². The van der Waals surface area contributed by atoms with Gasteiger partial charge in [-0.25, -0.2) is 0 Å². The number of rotatable bonds is 2. The van der Waals surface area contributed by atoms with Gasteiger partial charge in [0.05, 0.1) is 0 Å². The van der Waals surface area contributed by atoms with Crippen molar-refractivity contribution in [1.82, 2.24) is 9.88 Å². The van der Waals surface area contributed by atoms with Gasteiger partial charge in [0.15, 0.2) is 0 Å². The highest BCUT2D eigenvalue weighted by Gasteiger charge is 2.19. The van der Waals surface area contributed by atoms with Crippen LogP contribution in [0.1, 0.15) is 31.2 Å². The molecule has 2 aromatic rings. The maximum Gasteiger partial charge on any atom is 0.0483 e. The maximum atomic E-state index is 3.45. The largest absolute Gasteiger partial charge is 0.347 e. The van der Waals surface area contributed by atoms with Crippen LogP contribution in [0.2, 0.25) is 0 Å². The molecule has 0 bridgehead atoms. The van der Waals surface area contributed by atoms with Crippen LogP contribution >= 0.6 is 0 Å². The van der Waals surface area contributed by atoms with Crippen molar-refractivity contribution in [2.24, 2.45) is 0 Å². The van der Waals surface area contributed by atoms with Gasteiger partial charge in [0.25, 0.3) is 0 Å². The molecule has 0 amide bonds. The summed E-state index contributed by atoms with van der Waals surface area (Å²) in [4.78, 5) is 0. The van der Waals surface area contributed by atoms with Gasteiger partial charge in [-0.15, -0.1) is 0 Å². The van der Waals surface area contributed by atoms with Gasteiger partial charge in [-0.2, -0.15) is 0 Å². The van der Waals surface area contributed by atoms with Crippen molar-refractivity contribution in [3.05, 3.63) is 36.0 Å². The Balaban J connectivity index is 2.08. The Bertz CT molecular complexity index is 507. The quantitative estimate of drug-likeness (QED) is 0.835. The Morgan fingerprint density at radius 2 is 2.00 bits per heavy atom. The number of benzene rings is 1. The first-order chi connectivity index (χ1) is 8.40. The summed E-state index contributed by atoms with van der Waals surface area (Å²) in [5.74, 6) is 0.744. The summed E-state index contributed by atoms with van der Waals surface area (Å²) in [5, 5.41) is 4.91. The minimum absolute atomic E-state index is 0.744. The maximum absolute atomic E-state index is 3.45. The molecule has 1 aliphatic rings. The lowest BCUT2D eigenvalue weighted by atomic mass is 9.90. The molecule has 0 atom stereocenters. The predicted octanol–water partition coefficient (Wildman–Crippen LogP) is 3.13. The second kappa shape index (κ2) is 4.53. The van der Waals surface area contributed by atoms with Crippen LogP contribution in [0.4, 0.5) is 0 Å². The van der Waals surface area contributed by atoms with E-state index < -0.39 is 0 Å². The summed E-state index contributed by atoms with van der Waals surface area (Å²) in [6.07, 6.45) is 4.93. The molecule has 2 nitrogen and oxygen atoms in total. The molecular formula is C15H20N2. The van der Waals surface area contributed by atoms with Crippen molar-refractivity contribution in [2.75, 3.05) is 13.1 Å². The number of aromatic nitrogens is 1. The number of aryl methyl sites for hydroxylation is 1. The Morgan fingerprint density at radius 3 is 2.76 bits per heavy atom. The van der Waals surface area contributed by atoms with Gasteiger partial charge in [0, 0.05) is 23.6 Å². The van der Waals surface area contributed by atoms with E-state index in [1.54, 1.807) is 5.56 Å². The van der Waals surface area contributed by atoms with Gasteiger partial charge in [0.2, 0.25) is 0 Å². The third-order valence-corrected chi connectivity index (χ3v) is 3.94. The predicted molar refractivity (Wildman–Crippen MR) is 72.5 cm³/mol. The van der Waals surface area contributed by atoms with Crippen LogP contribution in [0.5, 0.6) is 0 Å². The number of nitrogens with one attached hydrogen (secondary N) is 1. The number of fused-ring (bicyclic) bond motifs is 1. The third-order valence-electron chi connectivity index (χ3n) is 3.94. The third kappa shape index (κ3) is 1.87. The first-order valence-corrected chi connectivity index (χ1v) is 6.68. The molecule has 0 saturated carbocycles. The van der Waals surface area contributed by atoms with Gasteiger partial charge in [-0.3, -0.25) is 0 Å². The number of hydrogen-bond donors (Lipinski definition) is 1. The van der Waals surface area contributed by atoms with Gasteiger partial charge in [-0.1, -0.05) is 18.2 Å². The highest BCUT2D eigenvalue weighted by atomic mass is 14.9. The molecule has 1 fully saturated rings. The van der Waals surface area contributed by atoms with Gasteiger partial charge in [-0.05, 0) is 50.4 Å². The zero-order valence-corrected chi connectivity index (χ0v) is 10.4. The summed E-state index contributed by atoms with van der Waals surface area (Å²) in [6.45, 7) is 5.61. The Kier molecular flexibility index (Phi) is 2.89. The lowest BCUT2D eigenvalue weighted by Gasteiger charge is -2.22. The van der Waals surface area contributed by atoms with Crippen LogP contribution in [-0.4, -0.2) is 17.7 Å². The fourth-order valence-corrected chi connectivity index (χ4v) is 3.00. The van der Waals surface area contributed by atoms with Crippen LogP contribution in [0.3, 0.4) is 0 Å². The Labute approximate surface area is 103 Å². The van der Waals surface area contributed by atoms with Crippen molar-refractivity contribution in [2.45, 2.75) is 32.2 Å². The molecule has 90 valence electrons. The lowest BCUT2D eigenvalue weighted by molar-refractivity contribution is 0.461. The second-order valence-electron chi connectivity index (χ2n) is 4.91. The van der Waals surface area contributed by atoms with E-state index in [0.717, 1.165) is 25.6 Å². The second-order valence-corrected chi connectivity index (χ2v) is 4.91. The van der Waals surface area contributed by atoms with E-state index in [0.29, 0.717) is 0 Å². The van der Waals surface area contributed by atoms with Crippen molar-refractivity contribution < 1.29 is 0 Å². The number of para-hydroxylation sites is 1.